The van der Waals surface area contributed by atoms with Crippen LogP contribution in [-0.2, 0) is 9.59 Å². The van der Waals surface area contributed by atoms with Crippen LogP contribution in [0.2, 0.25) is 0 Å². The first-order valence-electron chi connectivity index (χ1n) is 9.56. The van der Waals surface area contributed by atoms with Crippen LogP contribution < -0.4 is 15.5 Å². The molecular weight excluding hydrogens is 385 g/mol. The first kappa shape index (κ1) is 19.6. The van der Waals surface area contributed by atoms with Crippen LogP contribution in [0.3, 0.4) is 0 Å². The summed E-state index contributed by atoms with van der Waals surface area (Å²) < 4.78 is 19.0. The molecule has 0 aliphatic rings. The number of rotatable bonds is 6. The summed E-state index contributed by atoms with van der Waals surface area (Å²) in [6.45, 7) is 0.191. The van der Waals surface area contributed by atoms with Gasteiger partial charge >= 0.3 is 0 Å². The second-order valence-electron chi connectivity index (χ2n) is 7.23. The summed E-state index contributed by atoms with van der Waals surface area (Å²) in [5.74, 6) is -0.925. The number of carbonyl (C=O) groups is 2. The Morgan fingerprint density at radius 1 is 0.833 bits per heavy atom. The molecule has 4 aromatic rings. The van der Waals surface area contributed by atoms with Gasteiger partial charge in [0, 0.05) is 22.1 Å². The Morgan fingerprint density at radius 3 is 2.23 bits per heavy atom. The SMILES string of the molecule is C[NH+](CC(=O)Nc1cccc(F)c1)CC(=O)Nc1ccc2oc3ccccc3c2c1. The molecule has 0 aliphatic carbocycles. The Balaban J connectivity index is 1.35. The summed E-state index contributed by atoms with van der Waals surface area (Å²) in [7, 11) is 1.75. The van der Waals surface area contributed by atoms with Gasteiger partial charge in [0.15, 0.2) is 13.1 Å². The number of carbonyl (C=O) groups excluding carboxylic acids is 2. The predicted molar refractivity (Wildman–Crippen MR) is 114 cm³/mol. The molecule has 0 bridgehead atoms. The third kappa shape index (κ3) is 4.47. The molecule has 0 spiro atoms. The Hall–Kier alpha value is -3.71. The standard InChI is InChI=1S/C23H20FN3O3/c1-27(13-22(28)25-16-6-4-5-15(24)11-16)14-23(29)26-17-9-10-21-19(12-17)18-7-2-3-8-20(18)30-21/h2-12H,13-14H2,1H3,(H,25,28)(H,26,29)/p+1. The van der Waals surface area contributed by atoms with E-state index in [1.54, 1.807) is 19.2 Å². The Morgan fingerprint density at radius 2 is 1.50 bits per heavy atom. The van der Waals surface area contributed by atoms with Crippen molar-refractivity contribution in [2.24, 2.45) is 0 Å². The van der Waals surface area contributed by atoms with Crippen molar-refractivity contribution < 1.29 is 23.3 Å². The van der Waals surface area contributed by atoms with E-state index < -0.39 is 5.82 Å². The van der Waals surface area contributed by atoms with Gasteiger partial charge in [0.1, 0.15) is 17.0 Å². The minimum absolute atomic E-state index is 0.0787. The van der Waals surface area contributed by atoms with E-state index in [2.05, 4.69) is 10.6 Å². The lowest BCUT2D eigenvalue weighted by atomic mass is 10.1. The zero-order valence-electron chi connectivity index (χ0n) is 16.4. The molecule has 0 aliphatic heterocycles. The molecule has 30 heavy (non-hydrogen) atoms. The highest BCUT2D eigenvalue weighted by Crippen LogP contribution is 2.30. The number of anilines is 2. The van der Waals surface area contributed by atoms with Crippen LogP contribution in [0.25, 0.3) is 21.9 Å². The van der Waals surface area contributed by atoms with Gasteiger partial charge in [-0.25, -0.2) is 4.39 Å². The van der Waals surface area contributed by atoms with E-state index in [0.29, 0.717) is 16.3 Å². The molecular formula is C23H21FN3O3+. The van der Waals surface area contributed by atoms with E-state index in [0.717, 1.165) is 21.9 Å². The quantitative estimate of drug-likeness (QED) is 0.461. The maximum absolute atomic E-state index is 13.2. The molecule has 0 saturated heterocycles. The monoisotopic (exact) mass is 406 g/mol. The van der Waals surface area contributed by atoms with Gasteiger partial charge in [0.2, 0.25) is 0 Å². The van der Waals surface area contributed by atoms with Crippen molar-refractivity contribution in [3.63, 3.8) is 0 Å². The number of likely N-dealkylation sites (N-methyl/N-ethyl adjacent to an activating group) is 1. The minimum Gasteiger partial charge on any atom is -0.456 e. The number of fused-ring (bicyclic) bond motifs is 3. The van der Waals surface area contributed by atoms with Crippen molar-refractivity contribution in [1.29, 1.82) is 0 Å². The minimum atomic E-state index is -0.421. The third-order valence-corrected chi connectivity index (χ3v) is 4.69. The van der Waals surface area contributed by atoms with Gasteiger partial charge in [-0.15, -0.1) is 0 Å². The van der Waals surface area contributed by atoms with Crippen molar-refractivity contribution in [1.82, 2.24) is 0 Å². The lowest BCUT2D eigenvalue weighted by Crippen LogP contribution is -3.11. The predicted octanol–water partition coefficient (Wildman–Crippen LogP) is 2.82. The van der Waals surface area contributed by atoms with Gasteiger partial charge in [0.25, 0.3) is 11.8 Å². The lowest BCUT2D eigenvalue weighted by molar-refractivity contribution is -0.862. The summed E-state index contributed by atoms with van der Waals surface area (Å²) in [5, 5.41) is 7.41. The van der Waals surface area contributed by atoms with Crippen LogP contribution >= 0.6 is 0 Å². The molecule has 4 rings (SSSR count). The van der Waals surface area contributed by atoms with Crippen LogP contribution in [0.5, 0.6) is 0 Å². The number of para-hydroxylation sites is 1. The van der Waals surface area contributed by atoms with Crippen LogP contribution in [0, 0.1) is 5.82 Å². The Labute approximate surface area is 172 Å². The van der Waals surface area contributed by atoms with E-state index in [9.17, 15) is 14.0 Å². The van der Waals surface area contributed by atoms with Crippen molar-refractivity contribution in [2.45, 2.75) is 0 Å². The lowest BCUT2D eigenvalue weighted by Gasteiger charge is -2.14. The maximum atomic E-state index is 13.2. The Bertz CT molecular complexity index is 1230. The summed E-state index contributed by atoms with van der Waals surface area (Å²) in [6.07, 6.45) is 0. The maximum Gasteiger partial charge on any atom is 0.279 e. The van der Waals surface area contributed by atoms with Crippen molar-refractivity contribution in [2.75, 3.05) is 30.8 Å². The number of quaternary nitrogens is 1. The number of furan rings is 1. The molecule has 0 fully saturated rings. The van der Waals surface area contributed by atoms with E-state index >= 15 is 0 Å². The van der Waals surface area contributed by atoms with Crippen LogP contribution in [0.15, 0.2) is 71.1 Å². The molecule has 7 heteroatoms. The fourth-order valence-corrected chi connectivity index (χ4v) is 3.39. The fourth-order valence-electron chi connectivity index (χ4n) is 3.39. The van der Waals surface area contributed by atoms with Crippen LogP contribution in [-0.4, -0.2) is 32.0 Å². The van der Waals surface area contributed by atoms with Gasteiger partial charge in [-0.1, -0.05) is 24.3 Å². The zero-order chi connectivity index (χ0) is 21.1. The van der Waals surface area contributed by atoms with Gasteiger partial charge in [0.05, 0.1) is 7.05 Å². The van der Waals surface area contributed by atoms with Crippen LogP contribution in [0.1, 0.15) is 0 Å². The highest BCUT2D eigenvalue weighted by Gasteiger charge is 2.15. The second-order valence-corrected chi connectivity index (χ2v) is 7.23. The highest BCUT2D eigenvalue weighted by atomic mass is 19.1. The van der Waals surface area contributed by atoms with Crippen molar-refractivity contribution >= 4 is 45.1 Å². The molecule has 3 aromatic carbocycles. The molecule has 0 saturated carbocycles. The summed E-state index contributed by atoms with van der Waals surface area (Å²) in [6, 6.07) is 18.9. The smallest absolute Gasteiger partial charge is 0.279 e. The van der Waals surface area contributed by atoms with E-state index in [1.165, 1.54) is 18.2 Å². The molecule has 1 heterocycles. The summed E-state index contributed by atoms with van der Waals surface area (Å²) in [4.78, 5) is 25.2. The van der Waals surface area contributed by atoms with Crippen LogP contribution in [0.4, 0.5) is 15.8 Å². The molecule has 152 valence electrons. The normalized spacial score (nSPS) is 12.1. The zero-order valence-corrected chi connectivity index (χ0v) is 16.4. The van der Waals surface area contributed by atoms with Gasteiger partial charge in [-0.3, -0.25) is 9.59 Å². The average Bonchev–Trinajstić information content (AvgIpc) is 3.05. The molecule has 0 radical (unpaired) electrons. The first-order valence-corrected chi connectivity index (χ1v) is 9.56. The third-order valence-electron chi connectivity index (χ3n) is 4.69. The molecule has 3 N–H and O–H groups in total. The molecule has 1 atom stereocenters. The number of hydrogen-bond donors (Lipinski definition) is 3. The molecule has 1 aromatic heterocycles. The van der Waals surface area contributed by atoms with Gasteiger partial charge < -0.3 is 20.0 Å². The number of halogens is 1. The largest absolute Gasteiger partial charge is 0.456 e. The number of hydrogen-bond acceptors (Lipinski definition) is 3. The van der Waals surface area contributed by atoms with Gasteiger partial charge in [-0.05, 0) is 42.5 Å². The summed E-state index contributed by atoms with van der Waals surface area (Å²) in [5.41, 5.74) is 2.60. The summed E-state index contributed by atoms with van der Waals surface area (Å²) >= 11 is 0. The molecule has 2 amide bonds. The van der Waals surface area contributed by atoms with E-state index in [-0.39, 0.29) is 24.9 Å². The van der Waals surface area contributed by atoms with Crippen molar-refractivity contribution in [3.05, 3.63) is 72.5 Å². The van der Waals surface area contributed by atoms with Gasteiger partial charge in [-0.2, -0.15) is 0 Å². The fraction of sp³-hybridized carbons (Fsp3) is 0.130. The topological polar surface area (TPSA) is 75.8 Å². The second kappa shape index (κ2) is 8.34. The number of amides is 2. The Kier molecular flexibility index (Phi) is 5.45. The van der Waals surface area contributed by atoms with E-state index in [1.807, 2.05) is 36.4 Å². The molecule has 1 unspecified atom stereocenters. The first-order chi connectivity index (χ1) is 14.5. The average molecular weight is 406 g/mol. The van der Waals surface area contributed by atoms with Crippen molar-refractivity contribution in [3.8, 4) is 0 Å². The number of nitrogens with one attached hydrogen (secondary N) is 3. The van der Waals surface area contributed by atoms with E-state index in [4.69, 9.17) is 4.42 Å². The molecule has 6 nitrogen and oxygen atoms in total. The number of benzene rings is 3. The highest BCUT2D eigenvalue weighted by molar-refractivity contribution is 6.07.